The van der Waals surface area contributed by atoms with Gasteiger partial charge in [-0.1, -0.05) is 6.08 Å². The molecule has 0 aromatic carbocycles. The minimum absolute atomic E-state index is 0.564. The Morgan fingerprint density at radius 2 is 2.28 bits per heavy atom. The molecule has 1 fully saturated rings. The molecular formula is C15H20N2O. The fraction of sp³-hybridized carbons (Fsp3) is 0.533. The van der Waals surface area contributed by atoms with Crippen LogP contribution in [0.4, 0.5) is 0 Å². The summed E-state index contributed by atoms with van der Waals surface area (Å²) in [4.78, 5) is 4.25. The van der Waals surface area contributed by atoms with Crippen LogP contribution in [0, 0.1) is 5.92 Å². The van der Waals surface area contributed by atoms with Crippen LogP contribution in [0.1, 0.15) is 31.2 Å². The first-order valence-electron chi connectivity index (χ1n) is 6.80. The lowest BCUT2D eigenvalue weighted by Crippen LogP contribution is -2.41. The van der Waals surface area contributed by atoms with E-state index in [9.17, 15) is 0 Å². The maximum Gasteiger partial charge on any atom is 0.137 e. The highest BCUT2D eigenvalue weighted by molar-refractivity contribution is 5.67. The van der Waals surface area contributed by atoms with E-state index in [1.54, 1.807) is 13.3 Å². The number of pyridine rings is 1. The number of hydrogen-bond donors (Lipinski definition) is 1. The molecule has 96 valence electrons. The molecule has 2 aliphatic rings. The van der Waals surface area contributed by atoms with Crippen LogP contribution in [0.25, 0.3) is 5.57 Å². The van der Waals surface area contributed by atoms with Crippen LogP contribution in [-0.4, -0.2) is 24.7 Å². The quantitative estimate of drug-likeness (QED) is 0.868. The second kappa shape index (κ2) is 5.11. The van der Waals surface area contributed by atoms with Crippen LogP contribution in [0.15, 0.2) is 24.5 Å². The first-order valence-corrected chi connectivity index (χ1v) is 6.80. The van der Waals surface area contributed by atoms with Crippen molar-refractivity contribution in [3.05, 3.63) is 30.1 Å². The standard InChI is InChI=1S/C15H20N2O/c1-18-14-7-13(9-16-10-14)12-5-4-11-3-2-6-17-15(11)8-12/h7-11,15,17H,2-6H2,1H3/t11-,15+/m0/s1. The zero-order valence-corrected chi connectivity index (χ0v) is 10.9. The molecule has 1 aliphatic heterocycles. The lowest BCUT2D eigenvalue weighted by atomic mass is 9.79. The molecule has 0 amide bonds. The first-order chi connectivity index (χ1) is 8.86. The van der Waals surface area contributed by atoms with Crippen molar-refractivity contribution in [1.82, 2.24) is 10.3 Å². The average molecular weight is 244 g/mol. The molecule has 1 aromatic rings. The Morgan fingerprint density at radius 3 is 3.17 bits per heavy atom. The second-order valence-corrected chi connectivity index (χ2v) is 5.23. The van der Waals surface area contributed by atoms with E-state index in [1.165, 1.54) is 30.4 Å². The van der Waals surface area contributed by atoms with Crippen LogP contribution < -0.4 is 10.1 Å². The van der Waals surface area contributed by atoms with E-state index in [0.717, 1.165) is 24.6 Å². The van der Waals surface area contributed by atoms with Gasteiger partial charge < -0.3 is 10.1 Å². The van der Waals surface area contributed by atoms with Gasteiger partial charge in [-0.2, -0.15) is 0 Å². The van der Waals surface area contributed by atoms with Crippen molar-refractivity contribution < 1.29 is 4.74 Å². The number of piperidine rings is 1. The number of nitrogens with one attached hydrogen (secondary N) is 1. The molecule has 1 aliphatic carbocycles. The van der Waals surface area contributed by atoms with Gasteiger partial charge in [0.2, 0.25) is 0 Å². The van der Waals surface area contributed by atoms with Crippen LogP contribution in [0.5, 0.6) is 5.75 Å². The molecule has 0 unspecified atom stereocenters. The third-order valence-electron chi connectivity index (χ3n) is 4.12. The van der Waals surface area contributed by atoms with E-state index in [2.05, 4.69) is 22.4 Å². The summed E-state index contributed by atoms with van der Waals surface area (Å²) in [6.45, 7) is 1.15. The Balaban J connectivity index is 1.85. The lowest BCUT2D eigenvalue weighted by Gasteiger charge is -2.35. The predicted molar refractivity (Wildman–Crippen MR) is 72.5 cm³/mol. The summed E-state index contributed by atoms with van der Waals surface area (Å²) < 4.78 is 5.25. The maximum absolute atomic E-state index is 5.25. The van der Waals surface area contributed by atoms with Crippen molar-refractivity contribution >= 4 is 5.57 Å². The lowest BCUT2D eigenvalue weighted by molar-refractivity contribution is 0.298. The molecular weight excluding hydrogens is 224 g/mol. The summed E-state index contributed by atoms with van der Waals surface area (Å²) in [6.07, 6.45) is 11.3. The molecule has 2 heterocycles. The summed E-state index contributed by atoms with van der Waals surface area (Å²) >= 11 is 0. The molecule has 3 heteroatoms. The van der Waals surface area contributed by atoms with Gasteiger partial charge in [0.1, 0.15) is 5.75 Å². The number of ether oxygens (including phenoxy) is 1. The molecule has 3 rings (SSSR count). The smallest absolute Gasteiger partial charge is 0.137 e. The van der Waals surface area contributed by atoms with Gasteiger partial charge in [0.25, 0.3) is 0 Å². The van der Waals surface area contributed by atoms with Gasteiger partial charge in [0, 0.05) is 12.2 Å². The number of allylic oxidation sites excluding steroid dienone is 1. The number of aromatic nitrogens is 1. The van der Waals surface area contributed by atoms with E-state index in [-0.39, 0.29) is 0 Å². The summed E-state index contributed by atoms with van der Waals surface area (Å²) in [5.74, 6) is 1.67. The Bertz CT molecular complexity index is 456. The molecule has 1 saturated heterocycles. The molecule has 0 saturated carbocycles. The van der Waals surface area contributed by atoms with Crippen molar-refractivity contribution in [3.63, 3.8) is 0 Å². The molecule has 1 aromatic heterocycles. The molecule has 0 bridgehead atoms. The zero-order valence-electron chi connectivity index (χ0n) is 10.9. The van der Waals surface area contributed by atoms with E-state index in [4.69, 9.17) is 4.74 Å². The van der Waals surface area contributed by atoms with Gasteiger partial charge in [-0.05, 0) is 55.3 Å². The van der Waals surface area contributed by atoms with E-state index < -0.39 is 0 Å². The molecule has 0 spiro atoms. The van der Waals surface area contributed by atoms with Crippen LogP contribution in [0.2, 0.25) is 0 Å². The zero-order chi connectivity index (χ0) is 12.4. The highest BCUT2D eigenvalue weighted by Gasteiger charge is 2.27. The summed E-state index contributed by atoms with van der Waals surface area (Å²) in [6, 6.07) is 2.65. The van der Waals surface area contributed by atoms with Crippen LogP contribution in [-0.2, 0) is 0 Å². The van der Waals surface area contributed by atoms with Crippen LogP contribution >= 0.6 is 0 Å². The van der Waals surface area contributed by atoms with Gasteiger partial charge in [-0.15, -0.1) is 0 Å². The van der Waals surface area contributed by atoms with Crippen molar-refractivity contribution in [2.45, 2.75) is 31.7 Å². The van der Waals surface area contributed by atoms with Gasteiger partial charge in [-0.25, -0.2) is 0 Å². The SMILES string of the molecule is COc1cncc(C2=C[C@H]3NCCC[C@H]3CC2)c1. The van der Waals surface area contributed by atoms with Crippen molar-refractivity contribution in [3.8, 4) is 5.75 Å². The van der Waals surface area contributed by atoms with Crippen molar-refractivity contribution in [2.24, 2.45) is 5.92 Å². The topological polar surface area (TPSA) is 34.1 Å². The second-order valence-electron chi connectivity index (χ2n) is 5.23. The minimum Gasteiger partial charge on any atom is -0.495 e. The molecule has 0 radical (unpaired) electrons. The number of nitrogens with zero attached hydrogens (tertiary/aromatic N) is 1. The Morgan fingerprint density at radius 1 is 1.33 bits per heavy atom. The van der Waals surface area contributed by atoms with E-state index in [0.29, 0.717) is 6.04 Å². The molecule has 1 N–H and O–H groups in total. The fourth-order valence-corrected chi connectivity index (χ4v) is 3.09. The number of fused-ring (bicyclic) bond motifs is 1. The van der Waals surface area contributed by atoms with Crippen LogP contribution in [0.3, 0.4) is 0 Å². The average Bonchev–Trinajstić information content (AvgIpc) is 2.47. The largest absolute Gasteiger partial charge is 0.495 e. The molecule has 2 atom stereocenters. The predicted octanol–water partition coefficient (Wildman–Crippen LogP) is 2.64. The van der Waals surface area contributed by atoms with E-state index >= 15 is 0 Å². The highest BCUT2D eigenvalue weighted by atomic mass is 16.5. The third-order valence-corrected chi connectivity index (χ3v) is 4.12. The molecule has 18 heavy (non-hydrogen) atoms. The fourth-order valence-electron chi connectivity index (χ4n) is 3.09. The van der Waals surface area contributed by atoms with Gasteiger partial charge in [0.15, 0.2) is 0 Å². The first kappa shape index (κ1) is 11.7. The van der Waals surface area contributed by atoms with Gasteiger partial charge in [0.05, 0.1) is 13.3 Å². The Hall–Kier alpha value is -1.35. The maximum atomic E-state index is 5.25. The molecule has 3 nitrogen and oxygen atoms in total. The summed E-state index contributed by atoms with van der Waals surface area (Å²) in [5, 5.41) is 3.62. The van der Waals surface area contributed by atoms with Gasteiger partial charge >= 0.3 is 0 Å². The highest BCUT2D eigenvalue weighted by Crippen LogP contribution is 2.34. The summed E-state index contributed by atoms with van der Waals surface area (Å²) in [5.41, 5.74) is 2.62. The number of hydrogen-bond acceptors (Lipinski definition) is 3. The van der Waals surface area contributed by atoms with Crippen molar-refractivity contribution in [2.75, 3.05) is 13.7 Å². The monoisotopic (exact) mass is 244 g/mol. The van der Waals surface area contributed by atoms with Crippen molar-refractivity contribution in [1.29, 1.82) is 0 Å². The third kappa shape index (κ3) is 2.27. The summed E-state index contributed by atoms with van der Waals surface area (Å²) in [7, 11) is 1.69. The number of rotatable bonds is 2. The number of methoxy groups -OCH3 is 1. The van der Waals surface area contributed by atoms with E-state index in [1.807, 2.05) is 6.20 Å². The Kier molecular flexibility index (Phi) is 3.33. The van der Waals surface area contributed by atoms with Gasteiger partial charge in [-0.3, -0.25) is 4.98 Å². The normalized spacial score (nSPS) is 27.3. The minimum atomic E-state index is 0.564. The Labute approximate surface area is 108 Å².